The van der Waals surface area contributed by atoms with E-state index in [0.29, 0.717) is 30.8 Å². The Morgan fingerprint density at radius 1 is 0.850 bits per heavy atom. The fourth-order valence-corrected chi connectivity index (χ4v) is 11.9. The standard InChI is InChI=1S/C34H52O6/c1-21(18-35)24-10-15-34(20-40-23(3)37)17-16-32(6)25(29(24)34)8-9-27-30(4)13-12-28(38)31(5,19-39-22(2)36)26(30)11-14-33(27,32)7/h24-27,29,35H,1,8-20H2,2-7H3/t24-,25+,26+,27+,29+,30-,31+,32+,33+,34+/m0/s1. The molecule has 0 spiro atoms. The average Bonchev–Trinajstić information content (AvgIpc) is 3.29. The largest absolute Gasteiger partial charge is 0.465 e. The molecule has 40 heavy (non-hydrogen) atoms. The molecule has 0 amide bonds. The smallest absolute Gasteiger partial charge is 0.302 e. The van der Waals surface area contributed by atoms with Crippen LogP contribution in [-0.2, 0) is 23.9 Å². The Balaban J connectivity index is 1.51. The lowest BCUT2D eigenvalue weighted by Crippen LogP contribution is -2.67. The van der Waals surface area contributed by atoms with Crippen molar-refractivity contribution >= 4 is 17.7 Å². The first-order valence-corrected chi connectivity index (χ1v) is 15.8. The van der Waals surface area contributed by atoms with E-state index in [1.165, 1.54) is 13.8 Å². The molecule has 5 fully saturated rings. The van der Waals surface area contributed by atoms with Gasteiger partial charge in [-0.25, -0.2) is 0 Å². The fraction of sp³-hybridized carbons (Fsp3) is 0.853. The molecule has 1 N–H and O–H groups in total. The van der Waals surface area contributed by atoms with Crippen LogP contribution in [0.15, 0.2) is 12.2 Å². The van der Waals surface area contributed by atoms with Gasteiger partial charge in [0.2, 0.25) is 0 Å². The normalized spacial score (nSPS) is 47.8. The highest BCUT2D eigenvalue weighted by molar-refractivity contribution is 5.86. The average molecular weight is 557 g/mol. The number of aliphatic hydroxyl groups is 1. The van der Waals surface area contributed by atoms with Crippen molar-refractivity contribution in [1.29, 1.82) is 0 Å². The summed E-state index contributed by atoms with van der Waals surface area (Å²) < 4.78 is 11.3. The van der Waals surface area contributed by atoms with Gasteiger partial charge < -0.3 is 14.6 Å². The molecule has 0 radical (unpaired) electrons. The monoisotopic (exact) mass is 556 g/mol. The van der Waals surface area contributed by atoms with E-state index in [1.54, 1.807) is 0 Å². The van der Waals surface area contributed by atoms with Gasteiger partial charge in [-0.2, -0.15) is 0 Å². The maximum Gasteiger partial charge on any atom is 0.302 e. The maximum atomic E-state index is 13.4. The second-order valence-electron chi connectivity index (χ2n) is 15.4. The molecule has 0 aromatic rings. The van der Waals surface area contributed by atoms with E-state index >= 15 is 0 Å². The molecule has 10 atom stereocenters. The van der Waals surface area contributed by atoms with Gasteiger partial charge in [0.25, 0.3) is 0 Å². The maximum absolute atomic E-state index is 13.4. The molecule has 0 unspecified atom stereocenters. The van der Waals surface area contributed by atoms with Gasteiger partial charge in [0, 0.05) is 25.7 Å². The summed E-state index contributed by atoms with van der Waals surface area (Å²) in [7, 11) is 0. The SMILES string of the molecule is C=C(CO)[C@@H]1CC[C@]2(COC(C)=O)CC[C@]3(C)[C@H](CC[C@@H]4[C@@]5(C)CCC(=O)[C@](C)(COC(C)=O)[C@@H]5CC[C@]43C)[C@@H]12. The van der Waals surface area contributed by atoms with E-state index in [9.17, 15) is 19.5 Å². The Hall–Kier alpha value is -1.69. The number of aliphatic hydroxyl groups excluding tert-OH is 1. The third kappa shape index (κ3) is 4.08. The molecule has 0 heterocycles. The van der Waals surface area contributed by atoms with Crippen LogP contribution in [-0.4, -0.2) is 42.6 Å². The van der Waals surface area contributed by atoms with Crippen molar-refractivity contribution in [1.82, 2.24) is 0 Å². The number of hydrogen-bond donors (Lipinski definition) is 1. The van der Waals surface area contributed by atoms with Crippen molar-refractivity contribution in [3.8, 4) is 0 Å². The van der Waals surface area contributed by atoms with Crippen molar-refractivity contribution in [2.45, 2.75) is 106 Å². The zero-order chi connectivity index (χ0) is 29.3. The zero-order valence-corrected chi connectivity index (χ0v) is 25.8. The Morgan fingerprint density at radius 2 is 1.52 bits per heavy atom. The Bertz CT molecular complexity index is 1080. The Kier molecular flexibility index (Phi) is 7.41. The minimum atomic E-state index is -0.626. The van der Waals surface area contributed by atoms with Crippen molar-refractivity contribution in [3.05, 3.63) is 12.2 Å². The molecular weight excluding hydrogens is 504 g/mol. The highest BCUT2D eigenvalue weighted by atomic mass is 16.5. The molecule has 6 heteroatoms. The van der Waals surface area contributed by atoms with Crippen molar-refractivity contribution in [3.63, 3.8) is 0 Å². The van der Waals surface area contributed by atoms with Crippen molar-refractivity contribution in [2.75, 3.05) is 19.8 Å². The summed E-state index contributed by atoms with van der Waals surface area (Å²) in [5.74, 6) is 1.52. The van der Waals surface area contributed by atoms with E-state index in [1.807, 2.05) is 0 Å². The summed E-state index contributed by atoms with van der Waals surface area (Å²) in [6.45, 7) is 17.6. The van der Waals surface area contributed by atoms with Crippen molar-refractivity contribution < 1.29 is 29.0 Å². The van der Waals surface area contributed by atoms with Crippen LogP contribution in [0.5, 0.6) is 0 Å². The summed E-state index contributed by atoms with van der Waals surface area (Å²) in [6.07, 6.45) is 9.96. The molecule has 5 saturated carbocycles. The second-order valence-corrected chi connectivity index (χ2v) is 15.4. The Morgan fingerprint density at radius 3 is 2.17 bits per heavy atom. The number of esters is 2. The lowest BCUT2D eigenvalue weighted by atomic mass is 9.32. The topological polar surface area (TPSA) is 89.9 Å². The van der Waals surface area contributed by atoms with Crippen LogP contribution < -0.4 is 0 Å². The van der Waals surface area contributed by atoms with Crippen LogP contribution in [0.1, 0.15) is 106 Å². The molecular formula is C34H52O6. The summed E-state index contributed by atoms with van der Waals surface area (Å²) >= 11 is 0. The van der Waals surface area contributed by atoms with Crippen LogP contribution >= 0.6 is 0 Å². The van der Waals surface area contributed by atoms with E-state index in [0.717, 1.165) is 63.4 Å². The molecule has 6 nitrogen and oxygen atoms in total. The highest BCUT2D eigenvalue weighted by Gasteiger charge is 2.71. The second kappa shape index (κ2) is 9.95. The number of fused-ring (bicyclic) bond motifs is 7. The number of ketones is 1. The van der Waals surface area contributed by atoms with Gasteiger partial charge in [-0.15, -0.1) is 0 Å². The summed E-state index contributed by atoms with van der Waals surface area (Å²) in [4.78, 5) is 37.1. The first-order valence-electron chi connectivity index (χ1n) is 15.8. The number of carbonyl (C=O) groups is 3. The number of rotatable bonds is 6. The first-order chi connectivity index (χ1) is 18.7. The van der Waals surface area contributed by atoms with Crippen LogP contribution in [0, 0.1) is 56.7 Å². The molecule has 5 rings (SSSR count). The summed E-state index contributed by atoms with van der Waals surface area (Å²) in [5, 5.41) is 10.2. The van der Waals surface area contributed by atoms with E-state index in [4.69, 9.17) is 9.47 Å². The van der Waals surface area contributed by atoms with Gasteiger partial charge in [0.15, 0.2) is 0 Å². The third-order valence-electron chi connectivity index (χ3n) is 14.0. The number of hydrogen-bond acceptors (Lipinski definition) is 6. The lowest BCUT2D eigenvalue weighted by Gasteiger charge is -2.72. The van der Waals surface area contributed by atoms with Crippen LogP contribution in [0.3, 0.4) is 0 Å². The van der Waals surface area contributed by atoms with Gasteiger partial charge in [-0.05, 0) is 116 Å². The molecule has 5 aliphatic rings. The molecule has 0 aromatic heterocycles. The van der Waals surface area contributed by atoms with Crippen LogP contribution in [0.2, 0.25) is 0 Å². The van der Waals surface area contributed by atoms with Gasteiger partial charge in [-0.1, -0.05) is 27.4 Å². The molecule has 224 valence electrons. The quantitative estimate of drug-likeness (QED) is 0.305. The van der Waals surface area contributed by atoms with Gasteiger partial charge in [0.05, 0.1) is 18.6 Å². The molecule has 5 aliphatic carbocycles. The fourth-order valence-electron chi connectivity index (χ4n) is 11.9. The van der Waals surface area contributed by atoms with Crippen molar-refractivity contribution in [2.24, 2.45) is 56.7 Å². The predicted octanol–water partition coefficient (Wildman–Crippen LogP) is 6.29. The van der Waals surface area contributed by atoms with Gasteiger partial charge >= 0.3 is 11.9 Å². The zero-order valence-electron chi connectivity index (χ0n) is 25.8. The third-order valence-corrected chi connectivity index (χ3v) is 14.0. The highest BCUT2D eigenvalue weighted by Crippen LogP contribution is 2.77. The summed E-state index contributed by atoms with van der Waals surface area (Å²) in [6, 6.07) is 0. The molecule has 0 aromatic carbocycles. The number of Topliss-reactive ketones (excluding diaryl/α,β-unsaturated/α-hetero) is 1. The molecule has 0 bridgehead atoms. The predicted molar refractivity (Wildman–Crippen MR) is 153 cm³/mol. The van der Waals surface area contributed by atoms with E-state index in [2.05, 4.69) is 34.3 Å². The van der Waals surface area contributed by atoms with Gasteiger partial charge in [0.1, 0.15) is 12.4 Å². The van der Waals surface area contributed by atoms with E-state index < -0.39 is 5.41 Å². The number of carbonyl (C=O) groups excluding carboxylic acids is 3. The van der Waals surface area contributed by atoms with Gasteiger partial charge in [-0.3, -0.25) is 14.4 Å². The lowest BCUT2D eigenvalue weighted by molar-refractivity contribution is -0.240. The Labute approximate surface area is 241 Å². The number of ether oxygens (including phenoxy) is 2. The van der Waals surface area contributed by atoms with Crippen LogP contribution in [0.4, 0.5) is 0 Å². The van der Waals surface area contributed by atoms with E-state index in [-0.39, 0.29) is 64.4 Å². The molecule has 0 saturated heterocycles. The summed E-state index contributed by atoms with van der Waals surface area (Å²) in [5.41, 5.74) is 0.515. The first kappa shape index (κ1) is 29.8. The minimum Gasteiger partial charge on any atom is -0.465 e. The molecule has 0 aliphatic heterocycles. The van der Waals surface area contributed by atoms with Crippen LogP contribution in [0.25, 0.3) is 0 Å². The minimum absolute atomic E-state index is 0.0137.